The minimum absolute atomic E-state index is 0.0215. The highest BCUT2D eigenvalue weighted by molar-refractivity contribution is 6.39. The Morgan fingerprint density at radius 3 is 2.63 bits per heavy atom. The Morgan fingerprint density at radius 1 is 1.30 bits per heavy atom. The molecule has 2 amide bonds. The largest absolute Gasteiger partial charge is 0.369 e. The fraction of sp³-hybridized carbons (Fsp3) is 0.533. The number of ether oxygens (including phenoxy) is 1. The Morgan fingerprint density at radius 2 is 2.00 bits per heavy atom. The Hall–Kier alpha value is -2.89. The third-order valence-corrected chi connectivity index (χ3v) is 3.28. The molecule has 0 saturated carbocycles. The summed E-state index contributed by atoms with van der Waals surface area (Å²) < 4.78 is 37.2. The van der Waals surface area contributed by atoms with E-state index in [0.717, 1.165) is 4.68 Å². The lowest BCUT2D eigenvalue weighted by Gasteiger charge is -2.10. The summed E-state index contributed by atoms with van der Waals surface area (Å²) in [6.45, 7) is 5.35. The van der Waals surface area contributed by atoms with Crippen molar-refractivity contribution in [3.05, 3.63) is 23.6 Å². The van der Waals surface area contributed by atoms with Crippen LogP contribution in [0.1, 0.15) is 50.6 Å². The molecule has 10 nitrogen and oxygen atoms in total. The molecule has 0 aliphatic carbocycles. The molecule has 0 fully saturated rings. The maximum atomic E-state index is 12.9. The van der Waals surface area contributed by atoms with Gasteiger partial charge in [0.2, 0.25) is 0 Å². The van der Waals surface area contributed by atoms with E-state index in [4.69, 9.17) is 9.26 Å². The van der Waals surface area contributed by atoms with Gasteiger partial charge in [0.05, 0.1) is 17.8 Å². The van der Waals surface area contributed by atoms with Gasteiger partial charge in [-0.25, -0.2) is 8.78 Å². The van der Waals surface area contributed by atoms with Crippen LogP contribution in [0, 0.1) is 0 Å². The number of nitrogens with zero attached hydrogens (tertiary/aromatic N) is 4. The van der Waals surface area contributed by atoms with Crippen LogP contribution in [-0.4, -0.2) is 37.8 Å². The van der Waals surface area contributed by atoms with E-state index in [9.17, 15) is 18.4 Å². The molecule has 0 aromatic carbocycles. The predicted octanol–water partition coefficient (Wildman–Crippen LogP) is 1.48. The number of carbonyl (C=O) groups is 2. The Kier molecular flexibility index (Phi) is 6.55. The molecule has 0 aliphatic heterocycles. The Labute approximate surface area is 153 Å². The zero-order valence-corrected chi connectivity index (χ0v) is 15.2. The van der Waals surface area contributed by atoms with E-state index in [1.165, 1.54) is 20.2 Å². The molecule has 27 heavy (non-hydrogen) atoms. The highest BCUT2D eigenvalue weighted by Crippen LogP contribution is 2.25. The minimum Gasteiger partial charge on any atom is -0.369 e. The molecule has 1 unspecified atom stereocenters. The number of rotatable bonds is 7. The highest BCUT2D eigenvalue weighted by Gasteiger charge is 2.24. The van der Waals surface area contributed by atoms with Crippen molar-refractivity contribution in [2.24, 2.45) is 7.05 Å². The van der Waals surface area contributed by atoms with Gasteiger partial charge in [0.25, 0.3) is 12.3 Å². The first-order valence-corrected chi connectivity index (χ1v) is 8.05. The number of nitrogens with one attached hydrogen (secondary N) is 2. The van der Waals surface area contributed by atoms with Crippen LogP contribution in [0.15, 0.2) is 10.7 Å². The maximum Gasteiger partial charge on any atom is 0.313 e. The summed E-state index contributed by atoms with van der Waals surface area (Å²) in [5, 5.41) is 11.7. The molecule has 2 aromatic heterocycles. The van der Waals surface area contributed by atoms with Gasteiger partial charge in [-0.2, -0.15) is 10.1 Å². The summed E-state index contributed by atoms with van der Waals surface area (Å²) in [6.07, 6.45) is -1.74. The number of carbonyl (C=O) groups excluding carboxylic acids is 2. The van der Waals surface area contributed by atoms with Gasteiger partial charge in [-0.3, -0.25) is 14.3 Å². The summed E-state index contributed by atoms with van der Waals surface area (Å²) in [6, 6.07) is -0.747. The molecule has 148 valence electrons. The lowest BCUT2D eigenvalue weighted by atomic mass is 10.3. The van der Waals surface area contributed by atoms with Crippen LogP contribution >= 0.6 is 0 Å². The number of alkyl halides is 2. The average molecular weight is 386 g/mol. The zero-order chi connectivity index (χ0) is 20.1. The van der Waals surface area contributed by atoms with E-state index < -0.39 is 30.0 Å². The quantitative estimate of drug-likeness (QED) is 0.691. The van der Waals surface area contributed by atoms with Crippen LogP contribution in [0.2, 0.25) is 0 Å². The summed E-state index contributed by atoms with van der Waals surface area (Å²) >= 11 is 0. The molecule has 2 N–H and O–H groups in total. The van der Waals surface area contributed by atoms with E-state index in [1.807, 2.05) is 13.8 Å². The van der Waals surface area contributed by atoms with Gasteiger partial charge in [-0.05, 0) is 20.8 Å². The van der Waals surface area contributed by atoms with Gasteiger partial charge in [0.15, 0.2) is 11.5 Å². The second-order valence-corrected chi connectivity index (χ2v) is 5.96. The predicted molar refractivity (Wildman–Crippen MR) is 87.6 cm³/mol. The van der Waals surface area contributed by atoms with Crippen molar-refractivity contribution in [3.63, 3.8) is 0 Å². The van der Waals surface area contributed by atoms with E-state index >= 15 is 0 Å². The second kappa shape index (κ2) is 8.66. The first kappa shape index (κ1) is 20.4. The van der Waals surface area contributed by atoms with Crippen LogP contribution in [-0.2, 0) is 28.0 Å². The van der Waals surface area contributed by atoms with Crippen molar-refractivity contribution in [1.29, 1.82) is 0 Å². The average Bonchev–Trinajstić information content (AvgIpc) is 3.19. The van der Waals surface area contributed by atoms with Crippen molar-refractivity contribution in [2.75, 3.05) is 5.32 Å². The molecule has 2 heterocycles. The van der Waals surface area contributed by atoms with Gasteiger partial charge in [0.1, 0.15) is 6.61 Å². The summed E-state index contributed by atoms with van der Waals surface area (Å²) in [7, 11) is 1.42. The molecule has 2 rings (SSSR count). The second-order valence-electron chi connectivity index (χ2n) is 5.96. The zero-order valence-electron chi connectivity index (χ0n) is 15.2. The van der Waals surface area contributed by atoms with Crippen LogP contribution in [0.3, 0.4) is 0 Å². The monoisotopic (exact) mass is 386 g/mol. The molecular weight excluding hydrogens is 366 g/mol. The Balaban J connectivity index is 1.95. The normalized spacial score (nSPS) is 12.4. The topological polar surface area (TPSA) is 124 Å². The van der Waals surface area contributed by atoms with Gasteiger partial charge >= 0.3 is 11.8 Å². The fourth-order valence-electron chi connectivity index (χ4n) is 2.01. The number of halogens is 2. The van der Waals surface area contributed by atoms with Gasteiger partial charge in [-0.15, -0.1) is 0 Å². The van der Waals surface area contributed by atoms with Crippen LogP contribution < -0.4 is 10.6 Å². The molecule has 1 atom stereocenters. The molecule has 2 aromatic rings. The molecule has 0 spiro atoms. The lowest BCUT2D eigenvalue weighted by Crippen LogP contribution is -2.37. The number of aromatic nitrogens is 4. The maximum absolute atomic E-state index is 12.9. The SMILES string of the molecule is CC(C)OCc1nc(C(C)NC(=O)C(=O)Nc2cn(C)nc2C(F)F)no1. The molecule has 0 aliphatic rings. The smallest absolute Gasteiger partial charge is 0.313 e. The van der Waals surface area contributed by atoms with E-state index in [2.05, 4.69) is 25.9 Å². The number of hydrogen-bond acceptors (Lipinski definition) is 7. The Bertz CT molecular complexity index is 804. The third-order valence-electron chi connectivity index (χ3n) is 3.28. The van der Waals surface area contributed by atoms with Gasteiger partial charge in [-0.1, -0.05) is 5.16 Å². The van der Waals surface area contributed by atoms with Crippen molar-refractivity contribution >= 4 is 17.5 Å². The minimum atomic E-state index is -2.89. The molecule has 12 heteroatoms. The summed E-state index contributed by atoms with van der Waals surface area (Å²) in [4.78, 5) is 28.0. The van der Waals surface area contributed by atoms with E-state index in [0.29, 0.717) is 0 Å². The van der Waals surface area contributed by atoms with E-state index in [-0.39, 0.29) is 30.1 Å². The third kappa shape index (κ3) is 5.54. The van der Waals surface area contributed by atoms with E-state index in [1.54, 1.807) is 0 Å². The van der Waals surface area contributed by atoms with Crippen LogP contribution in [0.4, 0.5) is 14.5 Å². The fourth-order valence-corrected chi connectivity index (χ4v) is 2.01. The van der Waals surface area contributed by atoms with Crippen molar-refractivity contribution in [1.82, 2.24) is 25.2 Å². The summed E-state index contributed by atoms with van der Waals surface area (Å²) in [5.74, 6) is -1.80. The molecular formula is C15H20F2N6O4. The van der Waals surface area contributed by atoms with Gasteiger partial charge < -0.3 is 19.9 Å². The summed E-state index contributed by atoms with van der Waals surface area (Å²) in [5.41, 5.74) is -0.868. The molecule has 0 bridgehead atoms. The van der Waals surface area contributed by atoms with Crippen molar-refractivity contribution in [2.45, 2.75) is 45.9 Å². The lowest BCUT2D eigenvalue weighted by molar-refractivity contribution is -0.136. The standard InChI is InChI=1S/C15H20F2N6O4/c1-7(2)26-6-10-20-13(22-27-10)8(3)18-14(24)15(25)19-9-5-23(4)21-11(9)12(16)17/h5,7-8,12H,6H2,1-4H3,(H,18,24)(H,19,25). The van der Waals surface area contributed by atoms with Crippen LogP contribution in [0.5, 0.6) is 0 Å². The number of amides is 2. The number of aryl methyl sites for hydroxylation is 1. The number of hydrogen-bond donors (Lipinski definition) is 2. The number of anilines is 1. The van der Waals surface area contributed by atoms with Crippen molar-refractivity contribution < 1.29 is 27.6 Å². The highest BCUT2D eigenvalue weighted by atomic mass is 19.3. The van der Waals surface area contributed by atoms with Crippen LogP contribution in [0.25, 0.3) is 0 Å². The van der Waals surface area contributed by atoms with Gasteiger partial charge in [0, 0.05) is 13.2 Å². The molecule has 0 radical (unpaired) electrons. The first-order valence-electron chi connectivity index (χ1n) is 8.05. The van der Waals surface area contributed by atoms with Crippen molar-refractivity contribution in [3.8, 4) is 0 Å². The molecule has 0 saturated heterocycles. The first-order chi connectivity index (χ1) is 12.7.